The molecule has 216 valence electrons. The van der Waals surface area contributed by atoms with E-state index in [1.54, 1.807) is 12.1 Å². The fourth-order valence-corrected chi connectivity index (χ4v) is 6.06. The van der Waals surface area contributed by atoms with E-state index in [0.29, 0.717) is 19.0 Å². The van der Waals surface area contributed by atoms with Gasteiger partial charge in [0.1, 0.15) is 11.6 Å². The third kappa shape index (κ3) is 7.62. The van der Waals surface area contributed by atoms with Crippen molar-refractivity contribution < 1.29 is 13.5 Å². The molecular formula is C35H41F2N3O. The summed E-state index contributed by atoms with van der Waals surface area (Å²) in [6.07, 6.45) is 8.35. The van der Waals surface area contributed by atoms with Gasteiger partial charge in [-0.1, -0.05) is 111 Å². The van der Waals surface area contributed by atoms with Gasteiger partial charge < -0.3 is 9.30 Å². The Morgan fingerprint density at radius 1 is 0.854 bits per heavy atom. The van der Waals surface area contributed by atoms with E-state index >= 15 is 0 Å². The van der Waals surface area contributed by atoms with Gasteiger partial charge in [-0.25, -0.2) is 4.98 Å². The Kier molecular flexibility index (Phi) is 10.2. The predicted molar refractivity (Wildman–Crippen MR) is 162 cm³/mol. The van der Waals surface area contributed by atoms with E-state index in [1.165, 1.54) is 37.8 Å². The van der Waals surface area contributed by atoms with E-state index in [0.717, 1.165) is 54.1 Å². The highest BCUT2D eigenvalue weighted by molar-refractivity contribution is 5.68. The van der Waals surface area contributed by atoms with Crippen LogP contribution in [-0.4, -0.2) is 27.6 Å². The topological polar surface area (TPSA) is 30.3 Å². The molecule has 0 saturated heterocycles. The summed E-state index contributed by atoms with van der Waals surface area (Å²) in [5, 5.41) is 0. The van der Waals surface area contributed by atoms with Crippen molar-refractivity contribution in [1.29, 1.82) is 0 Å². The van der Waals surface area contributed by atoms with E-state index in [4.69, 9.17) is 9.72 Å². The van der Waals surface area contributed by atoms with Crippen LogP contribution >= 0.6 is 0 Å². The van der Waals surface area contributed by atoms with Gasteiger partial charge in [0.2, 0.25) is 0 Å². The smallest absolute Gasteiger partial charge is 0.387 e. The van der Waals surface area contributed by atoms with Gasteiger partial charge in [-0.05, 0) is 31.2 Å². The lowest BCUT2D eigenvalue weighted by Crippen LogP contribution is -2.31. The van der Waals surface area contributed by atoms with E-state index in [1.807, 2.05) is 24.3 Å². The highest BCUT2D eigenvalue weighted by Crippen LogP contribution is 2.33. The zero-order valence-corrected chi connectivity index (χ0v) is 24.0. The minimum absolute atomic E-state index is 0.254. The average molecular weight is 558 g/mol. The van der Waals surface area contributed by atoms with Crippen molar-refractivity contribution in [3.63, 3.8) is 0 Å². The lowest BCUT2D eigenvalue weighted by atomic mass is 9.88. The van der Waals surface area contributed by atoms with Gasteiger partial charge in [-0.15, -0.1) is 0 Å². The first-order valence-corrected chi connectivity index (χ1v) is 15.1. The third-order valence-electron chi connectivity index (χ3n) is 8.08. The number of rotatable bonds is 13. The second kappa shape index (κ2) is 14.4. The number of hydrogen-bond acceptors (Lipinski definition) is 3. The maximum atomic E-state index is 13.3. The molecule has 0 unspecified atom stereocenters. The molecule has 0 bridgehead atoms. The van der Waals surface area contributed by atoms with Gasteiger partial charge in [0.05, 0.1) is 11.4 Å². The fourth-order valence-electron chi connectivity index (χ4n) is 6.06. The molecular weight excluding hydrogens is 516 g/mol. The summed E-state index contributed by atoms with van der Waals surface area (Å²) in [6.45, 7) is 2.36. The number of alkyl halides is 2. The number of benzene rings is 3. The summed E-state index contributed by atoms with van der Waals surface area (Å²) < 4.78 is 33.9. The van der Waals surface area contributed by atoms with E-state index in [-0.39, 0.29) is 5.75 Å². The number of unbranched alkanes of at least 4 members (excludes halogenated alkanes) is 1. The van der Waals surface area contributed by atoms with Crippen molar-refractivity contribution in [2.75, 3.05) is 6.54 Å². The molecule has 3 aromatic carbocycles. The molecule has 0 N–H and O–H groups in total. The van der Waals surface area contributed by atoms with E-state index in [2.05, 4.69) is 64.9 Å². The summed E-state index contributed by atoms with van der Waals surface area (Å²) in [4.78, 5) is 7.71. The van der Waals surface area contributed by atoms with Crippen LogP contribution < -0.4 is 4.74 Å². The molecule has 41 heavy (non-hydrogen) atoms. The molecule has 0 amide bonds. The molecule has 1 aromatic heterocycles. The molecule has 0 radical (unpaired) electrons. The Bertz CT molecular complexity index is 1350. The molecule has 6 heteroatoms. The number of halogens is 2. The first kappa shape index (κ1) is 29.0. The minimum Gasteiger partial charge on any atom is -0.434 e. The molecule has 1 saturated carbocycles. The minimum atomic E-state index is -2.85. The largest absolute Gasteiger partial charge is 0.434 e. The number of hydrogen-bond donors (Lipinski definition) is 0. The number of aromatic nitrogens is 2. The number of para-hydroxylation sites is 1. The van der Waals surface area contributed by atoms with Crippen LogP contribution in [-0.2, 0) is 19.6 Å². The average Bonchev–Trinajstić information content (AvgIpc) is 3.36. The Balaban J connectivity index is 1.58. The highest BCUT2D eigenvalue weighted by atomic mass is 19.3. The zero-order valence-electron chi connectivity index (χ0n) is 24.0. The fraction of sp³-hybridized carbons (Fsp3) is 0.400. The van der Waals surface area contributed by atoms with Crippen LogP contribution in [0.15, 0.2) is 84.9 Å². The van der Waals surface area contributed by atoms with Crippen molar-refractivity contribution in [2.24, 2.45) is 5.92 Å². The van der Waals surface area contributed by atoms with Gasteiger partial charge in [0.15, 0.2) is 0 Å². The van der Waals surface area contributed by atoms with Crippen LogP contribution in [0.25, 0.3) is 22.6 Å². The first-order valence-electron chi connectivity index (χ1n) is 15.1. The second-order valence-corrected chi connectivity index (χ2v) is 11.1. The SMILES string of the molecule is CCCCn1c(-c2ccccc2)nc(-c2ccccc2)c1CN(Cc1ccccc1OC(F)F)CC1CCCCC1. The maximum Gasteiger partial charge on any atom is 0.387 e. The van der Waals surface area contributed by atoms with E-state index < -0.39 is 6.61 Å². The summed E-state index contributed by atoms with van der Waals surface area (Å²) in [6, 6.07) is 28.0. The van der Waals surface area contributed by atoms with Crippen LogP contribution in [0, 0.1) is 5.92 Å². The first-order chi connectivity index (χ1) is 20.1. The Morgan fingerprint density at radius 2 is 1.51 bits per heavy atom. The molecule has 5 rings (SSSR count). The lowest BCUT2D eigenvalue weighted by Gasteiger charge is -2.31. The van der Waals surface area contributed by atoms with Crippen LogP contribution in [0.1, 0.15) is 63.1 Å². The predicted octanol–water partition coefficient (Wildman–Crippen LogP) is 9.20. The molecule has 1 fully saturated rings. The molecule has 4 nitrogen and oxygen atoms in total. The van der Waals surface area contributed by atoms with Crippen molar-refractivity contribution in [3.8, 4) is 28.4 Å². The van der Waals surface area contributed by atoms with Crippen molar-refractivity contribution in [2.45, 2.75) is 78.1 Å². The van der Waals surface area contributed by atoms with Gasteiger partial charge in [0.25, 0.3) is 0 Å². The third-order valence-corrected chi connectivity index (χ3v) is 8.08. The quantitative estimate of drug-likeness (QED) is 0.164. The molecule has 4 aromatic rings. The maximum absolute atomic E-state index is 13.3. The lowest BCUT2D eigenvalue weighted by molar-refractivity contribution is -0.0508. The summed E-state index contributed by atoms with van der Waals surface area (Å²) in [5.41, 5.74) is 5.14. The van der Waals surface area contributed by atoms with Crippen molar-refractivity contribution >= 4 is 0 Å². The van der Waals surface area contributed by atoms with Crippen molar-refractivity contribution in [1.82, 2.24) is 14.5 Å². The normalized spacial score (nSPS) is 14.2. The Morgan fingerprint density at radius 3 is 2.20 bits per heavy atom. The van der Waals surface area contributed by atoms with Crippen LogP contribution in [0.3, 0.4) is 0 Å². The molecule has 1 heterocycles. The molecule has 1 aliphatic rings. The van der Waals surface area contributed by atoms with Crippen molar-refractivity contribution in [3.05, 3.63) is 96.2 Å². The molecule has 0 atom stereocenters. The monoisotopic (exact) mass is 557 g/mol. The summed E-state index contributed by atoms with van der Waals surface area (Å²) in [7, 11) is 0. The van der Waals surface area contributed by atoms with Gasteiger partial charge >= 0.3 is 6.61 Å². The number of nitrogens with zero attached hydrogens (tertiary/aromatic N) is 3. The molecule has 0 aliphatic heterocycles. The van der Waals surface area contributed by atoms with Gasteiger partial charge in [-0.2, -0.15) is 8.78 Å². The van der Waals surface area contributed by atoms with E-state index in [9.17, 15) is 8.78 Å². The Hall–Kier alpha value is -3.51. The zero-order chi connectivity index (χ0) is 28.4. The standard InChI is InChI=1S/C35H41F2N3O/c1-2-3-23-40-31(33(28-17-9-5-10-18-28)38-34(40)29-19-11-6-12-20-29)26-39(24-27-15-7-4-8-16-27)25-30-21-13-14-22-32(30)41-35(36)37/h5-6,9-14,17-22,27,35H,2-4,7-8,15-16,23-26H2,1H3. The van der Waals surface area contributed by atoms with Crippen LogP contribution in [0.2, 0.25) is 0 Å². The molecule has 1 aliphatic carbocycles. The second-order valence-electron chi connectivity index (χ2n) is 11.1. The highest BCUT2D eigenvalue weighted by Gasteiger charge is 2.25. The number of ether oxygens (including phenoxy) is 1. The number of imidazole rings is 1. The van der Waals surface area contributed by atoms with Gasteiger partial charge in [-0.3, -0.25) is 4.90 Å². The molecule has 0 spiro atoms. The van der Waals surface area contributed by atoms with Crippen LogP contribution in [0.5, 0.6) is 5.75 Å². The van der Waals surface area contributed by atoms with Gasteiger partial charge in [0, 0.05) is 42.9 Å². The summed E-state index contributed by atoms with van der Waals surface area (Å²) in [5.74, 6) is 1.82. The summed E-state index contributed by atoms with van der Waals surface area (Å²) >= 11 is 0. The Labute approximate surface area is 243 Å². The van der Waals surface area contributed by atoms with Crippen LogP contribution in [0.4, 0.5) is 8.78 Å².